The molecule has 18 nitrogen and oxygen atoms in total. The van der Waals surface area contributed by atoms with E-state index in [1.807, 2.05) is 13.0 Å². The molecule has 0 radical (unpaired) electrons. The molecule has 0 aliphatic carbocycles. The lowest BCUT2D eigenvalue weighted by Gasteiger charge is -2.20. The summed E-state index contributed by atoms with van der Waals surface area (Å²) in [6, 6.07) is 9.45. The summed E-state index contributed by atoms with van der Waals surface area (Å²) in [6.07, 6.45) is 2.70. The fourth-order valence-corrected chi connectivity index (χ4v) is 6.08. The Morgan fingerprint density at radius 2 is 1.55 bits per heavy atom. The third-order valence-electron chi connectivity index (χ3n) is 7.24. The Morgan fingerprint density at radius 3 is 1.96 bits per heavy atom. The molecule has 51 heavy (non-hydrogen) atoms. The summed E-state index contributed by atoms with van der Waals surface area (Å²) in [6.45, 7) is 10.0. The Labute approximate surface area is 294 Å². The van der Waals surface area contributed by atoms with Crippen molar-refractivity contribution in [1.82, 2.24) is 0 Å². The minimum atomic E-state index is -3.42. The van der Waals surface area contributed by atoms with Crippen LogP contribution in [-0.2, 0) is 62.2 Å². The van der Waals surface area contributed by atoms with E-state index in [1.165, 1.54) is 12.1 Å². The zero-order valence-electron chi connectivity index (χ0n) is 27.8. The van der Waals surface area contributed by atoms with Gasteiger partial charge in [0.25, 0.3) is 0 Å². The van der Waals surface area contributed by atoms with E-state index in [9.17, 15) is 42.5 Å². The number of nitrogens with zero attached hydrogens (tertiary/aromatic N) is 3. The first kappa shape index (κ1) is 42.0. The van der Waals surface area contributed by atoms with E-state index in [1.54, 1.807) is 18.2 Å². The zero-order chi connectivity index (χ0) is 37.8. The van der Waals surface area contributed by atoms with Crippen LogP contribution in [0, 0.1) is 28.0 Å². The number of hydrogen-bond donors (Lipinski definition) is 0. The molecule has 0 saturated carbocycles. The predicted octanol–water partition coefficient (Wildman–Crippen LogP) is 2.26. The second-order valence-electron chi connectivity index (χ2n) is 11.0. The standard InChI is InChI=1S/C10H10O4S.C7H12O3.C6H7NO2.C5H5NO2.C4H5NO4/c11-10-6-9(7-14-10)15(12,13)8-4-2-1-3-5-8;1-2-9-6-4-3-5-10-7(6)8;1-7-5-3-2-4-9-6(5)8;6-3-4-1-2-5(7)8-4;6-4-2-1-3(9-4)5(7)8/h1-5,9H,6-7H2;6H,2-5H2,1H3;5H,2-4H2;4H,1-2H2;3H,1-2H2. The minimum absolute atomic E-state index is 0.0317. The van der Waals surface area contributed by atoms with Gasteiger partial charge in [-0.2, -0.15) is 5.26 Å². The molecule has 5 heterocycles. The third kappa shape index (κ3) is 14.7. The molecule has 0 amide bonds. The quantitative estimate of drug-likeness (QED) is 0.138. The van der Waals surface area contributed by atoms with Gasteiger partial charge in [-0.3, -0.25) is 24.5 Å². The van der Waals surface area contributed by atoms with Gasteiger partial charge in [-0.05, 0) is 38.3 Å². The summed E-state index contributed by atoms with van der Waals surface area (Å²) in [5.74, 6) is -1.72. The molecule has 0 aromatic heterocycles. The monoisotopic (exact) mass is 737 g/mol. The lowest BCUT2D eigenvalue weighted by atomic mass is 10.1. The summed E-state index contributed by atoms with van der Waals surface area (Å²) in [4.78, 5) is 65.4. The van der Waals surface area contributed by atoms with Crippen LogP contribution in [0.2, 0.25) is 0 Å². The summed E-state index contributed by atoms with van der Waals surface area (Å²) >= 11 is 0. The van der Waals surface area contributed by atoms with Gasteiger partial charge in [0.1, 0.15) is 17.9 Å². The molecule has 6 rings (SSSR count). The number of nitriles is 1. The average Bonchev–Trinajstić information content (AvgIpc) is 3.89. The Kier molecular flexibility index (Phi) is 18.0. The van der Waals surface area contributed by atoms with Crippen LogP contribution in [0.1, 0.15) is 64.7 Å². The Balaban J connectivity index is 0.000000226. The first-order valence-electron chi connectivity index (χ1n) is 16.0. The normalized spacial score (nSPS) is 24.8. The smallest absolute Gasteiger partial charge is 0.390 e. The maximum atomic E-state index is 11.9. The minimum Gasteiger partial charge on any atom is -0.464 e. The lowest BCUT2D eigenvalue weighted by Crippen LogP contribution is -2.31. The molecule has 5 fully saturated rings. The summed E-state index contributed by atoms with van der Waals surface area (Å²) in [5, 5.41) is 17.3. The topological polar surface area (TPSA) is 246 Å². The van der Waals surface area contributed by atoms with E-state index >= 15 is 0 Å². The SMILES string of the molecule is CCOC1CCCOC1=O.N#CC1CCC(=O)O1.O=C1CC(S(=O)(=O)c2ccccc2)CO1.O=C1CCC([N+](=O)[O-])O1.[C-]#[N+]C1CCCOC1=O. The van der Waals surface area contributed by atoms with Gasteiger partial charge in [-0.1, -0.05) is 18.2 Å². The van der Waals surface area contributed by atoms with Crippen LogP contribution in [0.25, 0.3) is 4.85 Å². The van der Waals surface area contributed by atoms with Gasteiger partial charge in [0, 0.05) is 19.4 Å². The van der Waals surface area contributed by atoms with Crippen LogP contribution in [-0.4, -0.2) is 99.3 Å². The van der Waals surface area contributed by atoms with E-state index < -0.39 is 50.3 Å². The molecule has 0 N–H and O–H groups in total. The van der Waals surface area contributed by atoms with E-state index in [-0.39, 0.29) is 54.8 Å². The number of cyclic esters (lactones) is 5. The van der Waals surface area contributed by atoms with E-state index in [0.717, 1.165) is 19.3 Å². The molecule has 5 unspecified atom stereocenters. The van der Waals surface area contributed by atoms with Gasteiger partial charge in [-0.25, -0.2) is 24.6 Å². The fourth-order valence-electron chi connectivity index (χ4n) is 4.55. The van der Waals surface area contributed by atoms with Crippen molar-refractivity contribution in [2.45, 2.75) is 99.3 Å². The van der Waals surface area contributed by atoms with Crippen LogP contribution in [0.4, 0.5) is 0 Å². The van der Waals surface area contributed by atoms with Crippen LogP contribution >= 0.6 is 0 Å². The summed E-state index contributed by atoms with van der Waals surface area (Å²) in [7, 11) is -3.42. The molecule has 5 atom stereocenters. The molecule has 5 aliphatic rings. The maximum absolute atomic E-state index is 11.9. The zero-order valence-corrected chi connectivity index (χ0v) is 28.7. The summed E-state index contributed by atoms with van der Waals surface area (Å²) in [5.41, 5.74) is 0. The Morgan fingerprint density at radius 1 is 0.922 bits per heavy atom. The Bertz CT molecular complexity index is 1550. The lowest BCUT2D eigenvalue weighted by molar-refractivity contribution is -0.563. The van der Waals surface area contributed by atoms with Crippen LogP contribution in [0.5, 0.6) is 0 Å². The highest BCUT2D eigenvalue weighted by molar-refractivity contribution is 7.92. The second-order valence-corrected chi connectivity index (χ2v) is 13.2. The fraction of sp³-hybridized carbons (Fsp3) is 0.594. The van der Waals surface area contributed by atoms with Crippen molar-refractivity contribution in [2.24, 2.45) is 0 Å². The Hall–Kier alpha value is -5.14. The van der Waals surface area contributed by atoms with Gasteiger partial charge in [0.2, 0.25) is 0 Å². The predicted molar refractivity (Wildman–Crippen MR) is 170 cm³/mol. The van der Waals surface area contributed by atoms with E-state index in [4.69, 9.17) is 21.3 Å². The highest BCUT2D eigenvalue weighted by Crippen LogP contribution is 2.22. The van der Waals surface area contributed by atoms with Crippen molar-refractivity contribution in [3.63, 3.8) is 0 Å². The van der Waals surface area contributed by atoms with Gasteiger partial charge >= 0.3 is 42.1 Å². The molecular formula is C32H39N3O15S. The highest BCUT2D eigenvalue weighted by Gasteiger charge is 2.36. The van der Waals surface area contributed by atoms with Gasteiger partial charge in [-0.15, -0.1) is 0 Å². The van der Waals surface area contributed by atoms with Crippen molar-refractivity contribution >= 4 is 39.7 Å². The number of carbonyl (C=O) groups excluding carboxylic acids is 5. The number of benzene rings is 1. The van der Waals surface area contributed by atoms with Gasteiger partial charge < -0.3 is 33.3 Å². The van der Waals surface area contributed by atoms with Crippen molar-refractivity contribution in [3.8, 4) is 6.07 Å². The van der Waals surface area contributed by atoms with Crippen LogP contribution in [0.15, 0.2) is 35.2 Å². The summed E-state index contributed by atoms with van der Waals surface area (Å²) < 4.78 is 51.9. The van der Waals surface area contributed by atoms with Crippen molar-refractivity contribution in [2.75, 3.05) is 26.4 Å². The largest absolute Gasteiger partial charge is 0.464 e. The number of rotatable bonds is 5. The molecule has 1 aromatic carbocycles. The second kappa shape index (κ2) is 21.8. The van der Waals surface area contributed by atoms with Crippen LogP contribution in [0.3, 0.4) is 0 Å². The van der Waals surface area contributed by atoms with Crippen molar-refractivity contribution in [1.29, 1.82) is 5.26 Å². The molecule has 1 aromatic rings. The maximum Gasteiger partial charge on any atom is 0.390 e. The number of sulfone groups is 1. The molecule has 0 spiro atoms. The van der Waals surface area contributed by atoms with Gasteiger partial charge in [0.15, 0.2) is 22.0 Å². The molecule has 5 aliphatic heterocycles. The molecule has 5 saturated heterocycles. The average molecular weight is 738 g/mol. The number of hydrogen-bond acceptors (Lipinski definition) is 16. The molecule has 19 heteroatoms. The number of carbonyl (C=O) groups is 5. The highest BCUT2D eigenvalue weighted by atomic mass is 32.2. The first-order valence-corrected chi connectivity index (χ1v) is 17.5. The molecule has 0 bridgehead atoms. The van der Waals surface area contributed by atoms with E-state index in [0.29, 0.717) is 39.1 Å². The van der Waals surface area contributed by atoms with Gasteiger partial charge in [0.05, 0.1) is 48.7 Å². The van der Waals surface area contributed by atoms with E-state index in [2.05, 4.69) is 23.8 Å². The number of nitro groups is 1. The molecule has 278 valence electrons. The van der Waals surface area contributed by atoms with Crippen molar-refractivity contribution in [3.05, 3.63) is 51.9 Å². The number of esters is 5. The number of ether oxygens (including phenoxy) is 6. The van der Waals surface area contributed by atoms with Crippen molar-refractivity contribution < 1.29 is 65.7 Å². The third-order valence-corrected chi connectivity index (χ3v) is 9.35. The molecular weight excluding hydrogens is 698 g/mol. The first-order chi connectivity index (χ1) is 24.3. The van der Waals surface area contributed by atoms with Crippen LogP contribution < -0.4 is 0 Å².